The zero-order chi connectivity index (χ0) is 28.7. The molecule has 0 N–H and O–H groups in total. The van der Waals surface area contributed by atoms with Gasteiger partial charge in [0, 0.05) is 0 Å². The van der Waals surface area contributed by atoms with Gasteiger partial charge in [-0.15, -0.1) is 0 Å². The second-order valence-corrected chi connectivity index (χ2v) is 11.1. The number of nitrogens with zero attached hydrogens (tertiary/aromatic N) is 3. The third-order valence-electron chi connectivity index (χ3n) is 7.65. The molecule has 1 radical (unpaired) electrons. The number of unbranched alkanes of at least 4 members (excludes halogenated alkanes) is 4. The Morgan fingerprint density at radius 2 is 0.791 bits per heavy atom. The van der Waals surface area contributed by atoms with Gasteiger partial charge in [-0.25, -0.2) is 4.98 Å². The Hall–Kier alpha value is -1.98. The van der Waals surface area contributed by atoms with Crippen molar-refractivity contribution < 1.29 is 41.6 Å². The fourth-order valence-electron chi connectivity index (χ4n) is 5.14. The molecular formula is C37H51Cl2CoN3. The zero-order valence-corrected chi connectivity index (χ0v) is 29.7. The summed E-state index contributed by atoms with van der Waals surface area (Å²) < 4.78 is 0. The standard InChI is InChI=1S/C37H51N3.2ClH.Co/c1-7-11-18-30-22-15-23-31(19-12-8-2)36(30)38-28(5)34-26-17-27-35(40-34)29(6)39-37-32(20-13-9-3)24-16-25-33(37)21-14-10-4;;;/h15-17,22-27H,7-14,18-21H2,1-6H3;2*1H;/q;;;+2/p-2. The number of aromatic nitrogens is 1. The van der Waals surface area contributed by atoms with Crippen molar-refractivity contribution in [2.24, 2.45) is 9.98 Å². The second-order valence-electron chi connectivity index (χ2n) is 11.1. The quantitative estimate of drug-likeness (QED) is 0.204. The number of aryl methyl sites for hydroxylation is 4. The number of pyridine rings is 1. The van der Waals surface area contributed by atoms with Crippen molar-refractivity contribution in [1.82, 2.24) is 4.98 Å². The molecule has 0 saturated carbocycles. The van der Waals surface area contributed by atoms with Gasteiger partial charge in [0.05, 0.1) is 34.2 Å². The van der Waals surface area contributed by atoms with Crippen LogP contribution in [0, 0.1) is 0 Å². The third-order valence-corrected chi connectivity index (χ3v) is 7.65. The van der Waals surface area contributed by atoms with E-state index in [1.165, 1.54) is 73.6 Å². The maximum Gasteiger partial charge on any atom is 2.00 e. The number of rotatable bonds is 16. The Balaban J connectivity index is 0.00000588. The van der Waals surface area contributed by atoms with Gasteiger partial charge < -0.3 is 24.8 Å². The summed E-state index contributed by atoms with van der Waals surface area (Å²) in [5.74, 6) is 0. The number of halogens is 2. The molecule has 3 aromatic rings. The minimum atomic E-state index is 0. The van der Waals surface area contributed by atoms with Gasteiger partial charge in [0.25, 0.3) is 0 Å². The van der Waals surface area contributed by atoms with Crippen LogP contribution in [0.15, 0.2) is 64.6 Å². The number of aliphatic imine (C=N–C) groups is 2. The van der Waals surface area contributed by atoms with Crippen LogP contribution in [0.1, 0.15) is 127 Å². The Kier molecular flexibility index (Phi) is 21.5. The first-order chi connectivity index (χ1) is 19.5. The Morgan fingerprint density at radius 3 is 1.07 bits per heavy atom. The number of hydrogen-bond donors (Lipinski definition) is 0. The first-order valence-electron chi connectivity index (χ1n) is 15.8. The summed E-state index contributed by atoms with van der Waals surface area (Å²) in [6, 6.07) is 19.7. The van der Waals surface area contributed by atoms with Gasteiger partial charge in [-0.2, -0.15) is 0 Å². The molecule has 0 aliphatic carbocycles. The molecule has 2 aromatic carbocycles. The molecular weight excluding hydrogens is 616 g/mol. The maximum absolute atomic E-state index is 5.23. The van der Waals surface area contributed by atoms with Gasteiger partial charge in [-0.05, 0) is 99.6 Å². The monoisotopic (exact) mass is 666 g/mol. The molecule has 6 heteroatoms. The smallest absolute Gasteiger partial charge is 1.00 e. The first-order valence-corrected chi connectivity index (χ1v) is 15.8. The van der Waals surface area contributed by atoms with E-state index >= 15 is 0 Å². The number of para-hydroxylation sites is 2. The molecule has 0 aliphatic heterocycles. The number of benzene rings is 2. The molecule has 0 fully saturated rings. The van der Waals surface area contributed by atoms with E-state index in [2.05, 4.69) is 96.1 Å². The summed E-state index contributed by atoms with van der Waals surface area (Å²) in [7, 11) is 0. The summed E-state index contributed by atoms with van der Waals surface area (Å²) in [5, 5.41) is 0. The van der Waals surface area contributed by atoms with Crippen molar-refractivity contribution >= 4 is 22.8 Å². The fraction of sp³-hybridized carbons (Fsp3) is 0.486. The van der Waals surface area contributed by atoms with E-state index in [4.69, 9.17) is 15.0 Å². The predicted octanol–water partition coefficient (Wildman–Crippen LogP) is 4.74. The molecule has 3 rings (SSSR count). The van der Waals surface area contributed by atoms with Gasteiger partial charge in [0.1, 0.15) is 0 Å². The van der Waals surface area contributed by atoms with Crippen LogP contribution in [0.5, 0.6) is 0 Å². The molecule has 0 aliphatic rings. The molecule has 0 saturated heterocycles. The van der Waals surface area contributed by atoms with Crippen molar-refractivity contribution in [1.29, 1.82) is 0 Å². The molecule has 0 bridgehead atoms. The predicted molar refractivity (Wildman–Crippen MR) is 175 cm³/mol. The Bertz CT molecular complexity index is 1140. The first kappa shape index (κ1) is 41.0. The summed E-state index contributed by atoms with van der Waals surface area (Å²) in [5.41, 5.74) is 11.5. The van der Waals surface area contributed by atoms with Crippen molar-refractivity contribution in [3.05, 3.63) is 88.2 Å². The van der Waals surface area contributed by atoms with E-state index in [9.17, 15) is 0 Å². The van der Waals surface area contributed by atoms with E-state index < -0.39 is 0 Å². The molecule has 3 nitrogen and oxygen atoms in total. The van der Waals surface area contributed by atoms with Gasteiger partial charge in [-0.3, -0.25) is 9.98 Å². The van der Waals surface area contributed by atoms with Gasteiger partial charge in [0.15, 0.2) is 0 Å². The van der Waals surface area contributed by atoms with Gasteiger partial charge in [0.2, 0.25) is 0 Å². The van der Waals surface area contributed by atoms with Crippen LogP contribution in [0.25, 0.3) is 0 Å². The van der Waals surface area contributed by atoms with Crippen LogP contribution in [0.4, 0.5) is 11.4 Å². The molecule has 1 heterocycles. The van der Waals surface area contributed by atoms with Gasteiger partial charge in [-0.1, -0.05) is 95.8 Å². The summed E-state index contributed by atoms with van der Waals surface area (Å²) >= 11 is 0. The summed E-state index contributed by atoms with van der Waals surface area (Å²) in [6.45, 7) is 13.2. The molecule has 0 unspecified atom stereocenters. The van der Waals surface area contributed by atoms with Crippen LogP contribution in [-0.4, -0.2) is 16.4 Å². The van der Waals surface area contributed by atoms with Crippen molar-refractivity contribution in [2.75, 3.05) is 0 Å². The van der Waals surface area contributed by atoms with Crippen LogP contribution in [0.3, 0.4) is 0 Å². The van der Waals surface area contributed by atoms with Crippen molar-refractivity contribution in [3.63, 3.8) is 0 Å². The molecule has 0 spiro atoms. The fourth-order valence-corrected chi connectivity index (χ4v) is 5.14. The Labute approximate surface area is 284 Å². The molecule has 237 valence electrons. The number of hydrogen-bond acceptors (Lipinski definition) is 3. The molecule has 43 heavy (non-hydrogen) atoms. The van der Waals surface area contributed by atoms with Crippen molar-refractivity contribution in [2.45, 2.75) is 119 Å². The van der Waals surface area contributed by atoms with Crippen LogP contribution in [0.2, 0.25) is 0 Å². The van der Waals surface area contributed by atoms with Gasteiger partial charge >= 0.3 is 16.8 Å². The van der Waals surface area contributed by atoms with E-state index in [1.807, 2.05) is 0 Å². The Morgan fingerprint density at radius 1 is 0.512 bits per heavy atom. The minimum Gasteiger partial charge on any atom is -1.00 e. The average Bonchev–Trinajstić information content (AvgIpc) is 2.98. The van der Waals surface area contributed by atoms with E-state index in [0.29, 0.717) is 0 Å². The SMILES string of the molecule is CCCCc1cccc(CCCC)c1N=C(C)c1cccc(C(C)=Nc2c(CCCC)cccc2CCCC)n1.[Cl-].[Cl-].[Co+2]. The largest absolute Gasteiger partial charge is 2.00 e. The molecule has 1 aromatic heterocycles. The minimum absolute atomic E-state index is 0. The average molecular weight is 668 g/mol. The maximum atomic E-state index is 5.23. The third kappa shape index (κ3) is 12.5. The normalized spacial score (nSPS) is 11.4. The van der Waals surface area contributed by atoms with Crippen molar-refractivity contribution in [3.8, 4) is 0 Å². The van der Waals surface area contributed by atoms with E-state index in [0.717, 1.165) is 59.9 Å². The summed E-state index contributed by atoms with van der Waals surface area (Å²) in [6.07, 6.45) is 13.8. The topological polar surface area (TPSA) is 37.6 Å². The van der Waals surface area contributed by atoms with E-state index in [-0.39, 0.29) is 41.6 Å². The summed E-state index contributed by atoms with van der Waals surface area (Å²) in [4.78, 5) is 15.5. The van der Waals surface area contributed by atoms with Crippen LogP contribution >= 0.6 is 0 Å². The molecule has 0 amide bonds. The second kappa shape index (κ2) is 22.5. The zero-order valence-electron chi connectivity index (χ0n) is 27.1. The van der Waals surface area contributed by atoms with Crippen LogP contribution in [-0.2, 0) is 42.5 Å². The molecule has 0 atom stereocenters. The van der Waals surface area contributed by atoms with E-state index in [1.54, 1.807) is 0 Å². The van der Waals surface area contributed by atoms with Crippen LogP contribution < -0.4 is 24.8 Å².